The third-order valence-corrected chi connectivity index (χ3v) is 3.78. The molecular formula is C17H23NO6. The Morgan fingerprint density at radius 3 is 2.79 bits per heavy atom. The minimum absolute atomic E-state index is 0.271. The maximum atomic E-state index is 12.2. The number of methoxy groups -OCH3 is 2. The highest BCUT2D eigenvalue weighted by Gasteiger charge is 2.18. The number of hydrogen-bond acceptors (Lipinski definition) is 6. The molecule has 1 aromatic carbocycles. The summed E-state index contributed by atoms with van der Waals surface area (Å²) >= 11 is 0. The molecule has 0 spiro atoms. The second kappa shape index (κ2) is 9.24. The summed E-state index contributed by atoms with van der Waals surface area (Å²) in [6, 6.07) is 5.15. The van der Waals surface area contributed by atoms with Gasteiger partial charge < -0.3 is 14.2 Å². The van der Waals surface area contributed by atoms with E-state index in [1.807, 2.05) is 0 Å². The molecule has 1 aliphatic rings. The van der Waals surface area contributed by atoms with Crippen LogP contribution < -0.4 is 10.2 Å². The van der Waals surface area contributed by atoms with Crippen LogP contribution in [-0.2, 0) is 25.5 Å². The summed E-state index contributed by atoms with van der Waals surface area (Å²) < 4.78 is 15.3. The van der Waals surface area contributed by atoms with Crippen LogP contribution in [0.1, 0.15) is 41.6 Å². The molecule has 1 aliphatic heterocycles. The number of nitrogens with one attached hydrogen (secondary N) is 1. The molecule has 7 heteroatoms. The standard InChI is InChI=1S/C17H23NO6/c1-21-14-11-12(7-9-15(19)22-2)6-8-13(14)17(20)18-24-16-5-3-4-10-23-16/h6,8,11,16H,3-5,7,9-10H2,1-2H3,(H,18,20). The summed E-state index contributed by atoms with van der Waals surface area (Å²) in [5, 5.41) is 0. The highest BCUT2D eigenvalue weighted by atomic mass is 16.8. The Morgan fingerprint density at radius 1 is 1.29 bits per heavy atom. The van der Waals surface area contributed by atoms with E-state index in [0.717, 1.165) is 24.8 Å². The van der Waals surface area contributed by atoms with Gasteiger partial charge in [-0.05, 0) is 37.0 Å². The maximum absolute atomic E-state index is 12.2. The number of hydroxylamine groups is 1. The van der Waals surface area contributed by atoms with Crippen molar-refractivity contribution in [1.82, 2.24) is 5.48 Å². The normalized spacial score (nSPS) is 17.2. The zero-order valence-corrected chi connectivity index (χ0v) is 14.0. The zero-order valence-electron chi connectivity index (χ0n) is 14.0. The average molecular weight is 337 g/mol. The molecule has 1 saturated heterocycles. The molecule has 24 heavy (non-hydrogen) atoms. The maximum Gasteiger partial charge on any atom is 0.305 e. The molecule has 1 N–H and O–H groups in total. The predicted molar refractivity (Wildman–Crippen MR) is 85.5 cm³/mol. The summed E-state index contributed by atoms with van der Waals surface area (Å²) in [5.74, 6) is -0.264. The van der Waals surface area contributed by atoms with E-state index in [0.29, 0.717) is 24.3 Å². The van der Waals surface area contributed by atoms with Gasteiger partial charge in [0, 0.05) is 19.4 Å². The van der Waals surface area contributed by atoms with E-state index in [-0.39, 0.29) is 12.4 Å². The van der Waals surface area contributed by atoms with Crippen molar-refractivity contribution in [2.45, 2.75) is 38.4 Å². The lowest BCUT2D eigenvalue weighted by molar-refractivity contribution is -0.186. The molecule has 1 atom stereocenters. The van der Waals surface area contributed by atoms with Crippen LogP contribution in [0.15, 0.2) is 18.2 Å². The molecule has 1 amide bonds. The molecule has 0 aromatic heterocycles. The number of hydrogen-bond donors (Lipinski definition) is 1. The first-order chi connectivity index (χ1) is 11.6. The summed E-state index contributed by atoms with van der Waals surface area (Å²) in [4.78, 5) is 28.7. The van der Waals surface area contributed by atoms with Crippen LogP contribution in [0.4, 0.5) is 0 Å². The van der Waals surface area contributed by atoms with Crippen molar-refractivity contribution in [3.8, 4) is 5.75 Å². The Balaban J connectivity index is 1.95. The number of rotatable bonds is 7. The van der Waals surface area contributed by atoms with E-state index in [9.17, 15) is 9.59 Å². The second-order valence-corrected chi connectivity index (χ2v) is 5.46. The Hall–Kier alpha value is -2.12. The van der Waals surface area contributed by atoms with E-state index in [1.54, 1.807) is 18.2 Å². The number of esters is 1. The monoisotopic (exact) mass is 337 g/mol. The molecule has 1 heterocycles. The van der Waals surface area contributed by atoms with Crippen molar-refractivity contribution in [1.29, 1.82) is 0 Å². The van der Waals surface area contributed by atoms with E-state index < -0.39 is 12.2 Å². The Kier molecular flexibility index (Phi) is 7.02. The Bertz CT molecular complexity index is 568. The van der Waals surface area contributed by atoms with Gasteiger partial charge in [-0.3, -0.25) is 9.59 Å². The van der Waals surface area contributed by atoms with Gasteiger partial charge in [0.05, 0.1) is 19.8 Å². The van der Waals surface area contributed by atoms with Crippen LogP contribution in [0.5, 0.6) is 5.75 Å². The molecule has 0 aliphatic carbocycles. The first-order valence-electron chi connectivity index (χ1n) is 7.95. The average Bonchev–Trinajstić information content (AvgIpc) is 2.64. The number of carbonyl (C=O) groups excluding carboxylic acids is 2. The van der Waals surface area contributed by atoms with Crippen LogP contribution in [0.3, 0.4) is 0 Å². The highest BCUT2D eigenvalue weighted by Crippen LogP contribution is 2.21. The lowest BCUT2D eigenvalue weighted by atomic mass is 10.1. The van der Waals surface area contributed by atoms with Gasteiger partial charge in [-0.25, -0.2) is 10.3 Å². The largest absolute Gasteiger partial charge is 0.496 e. The van der Waals surface area contributed by atoms with Crippen molar-refractivity contribution in [2.24, 2.45) is 0 Å². The van der Waals surface area contributed by atoms with Crippen LogP contribution in [0.2, 0.25) is 0 Å². The molecule has 1 fully saturated rings. The van der Waals surface area contributed by atoms with E-state index in [1.165, 1.54) is 14.2 Å². The lowest BCUT2D eigenvalue weighted by Gasteiger charge is -2.22. The minimum Gasteiger partial charge on any atom is -0.496 e. The predicted octanol–water partition coefficient (Wildman–Crippen LogP) is 1.99. The van der Waals surface area contributed by atoms with Crippen LogP contribution in [0.25, 0.3) is 0 Å². The van der Waals surface area contributed by atoms with Gasteiger partial charge in [-0.1, -0.05) is 6.07 Å². The minimum atomic E-state index is -0.409. The van der Waals surface area contributed by atoms with Crippen molar-refractivity contribution >= 4 is 11.9 Å². The Labute approximate surface area is 141 Å². The summed E-state index contributed by atoms with van der Waals surface area (Å²) in [7, 11) is 2.84. The van der Waals surface area contributed by atoms with Crippen LogP contribution in [0, 0.1) is 0 Å². The van der Waals surface area contributed by atoms with Crippen molar-refractivity contribution < 1.29 is 28.6 Å². The highest BCUT2D eigenvalue weighted by molar-refractivity contribution is 5.96. The van der Waals surface area contributed by atoms with Gasteiger partial charge in [-0.15, -0.1) is 0 Å². The third-order valence-electron chi connectivity index (χ3n) is 3.78. The van der Waals surface area contributed by atoms with Crippen LogP contribution in [-0.4, -0.2) is 39.0 Å². The van der Waals surface area contributed by atoms with Crippen LogP contribution >= 0.6 is 0 Å². The smallest absolute Gasteiger partial charge is 0.305 e. The third kappa shape index (κ3) is 5.21. The lowest BCUT2D eigenvalue weighted by Crippen LogP contribution is -2.33. The number of carbonyl (C=O) groups is 2. The molecule has 0 bridgehead atoms. The van der Waals surface area contributed by atoms with Gasteiger partial charge >= 0.3 is 5.97 Å². The van der Waals surface area contributed by atoms with Gasteiger partial charge in [0.1, 0.15) is 5.75 Å². The van der Waals surface area contributed by atoms with Crippen molar-refractivity contribution in [3.05, 3.63) is 29.3 Å². The summed E-state index contributed by atoms with van der Waals surface area (Å²) in [6.45, 7) is 0.638. The van der Waals surface area contributed by atoms with Gasteiger partial charge in [-0.2, -0.15) is 0 Å². The van der Waals surface area contributed by atoms with Gasteiger partial charge in [0.15, 0.2) is 6.29 Å². The summed E-state index contributed by atoms with van der Waals surface area (Å²) in [6.07, 6.45) is 3.15. The first-order valence-corrected chi connectivity index (χ1v) is 7.95. The summed E-state index contributed by atoms with van der Waals surface area (Å²) in [5.41, 5.74) is 3.64. The van der Waals surface area contributed by atoms with E-state index >= 15 is 0 Å². The van der Waals surface area contributed by atoms with E-state index in [4.69, 9.17) is 14.3 Å². The van der Waals surface area contributed by atoms with Gasteiger partial charge in [0.25, 0.3) is 5.91 Å². The fourth-order valence-corrected chi connectivity index (χ4v) is 2.41. The number of amides is 1. The quantitative estimate of drug-likeness (QED) is 0.605. The van der Waals surface area contributed by atoms with Crippen molar-refractivity contribution in [2.75, 3.05) is 20.8 Å². The zero-order chi connectivity index (χ0) is 17.4. The van der Waals surface area contributed by atoms with Gasteiger partial charge in [0.2, 0.25) is 0 Å². The van der Waals surface area contributed by atoms with E-state index in [2.05, 4.69) is 10.2 Å². The fraction of sp³-hybridized carbons (Fsp3) is 0.529. The second-order valence-electron chi connectivity index (χ2n) is 5.46. The molecular weight excluding hydrogens is 314 g/mol. The molecule has 1 aromatic rings. The molecule has 2 rings (SSSR count). The molecule has 1 unspecified atom stereocenters. The SMILES string of the molecule is COC(=O)CCc1ccc(C(=O)NOC2CCCCO2)c(OC)c1. The number of aryl methyl sites for hydroxylation is 1. The topological polar surface area (TPSA) is 83.1 Å². The molecule has 0 saturated carbocycles. The number of benzene rings is 1. The molecule has 0 radical (unpaired) electrons. The Morgan fingerprint density at radius 2 is 2.12 bits per heavy atom. The fourth-order valence-electron chi connectivity index (χ4n) is 2.41. The number of ether oxygens (including phenoxy) is 3. The first kappa shape index (κ1) is 18.2. The van der Waals surface area contributed by atoms with Crippen molar-refractivity contribution in [3.63, 3.8) is 0 Å². The molecule has 7 nitrogen and oxygen atoms in total. The molecule has 132 valence electrons.